The minimum Gasteiger partial charge on any atom is -0.370 e. The van der Waals surface area contributed by atoms with Crippen LogP contribution in [0.15, 0.2) is 4.52 Å². The number of hydrogen-bond acceptors (Lipinski definition) is 5. The van der Waals surface area contributed by atoms with E-state index in [9.17, 15) is 0 Å². The summed E-state index contributed by atoms with van der Waals surface area (Å²) in [6.45, 7) is 0. The van der Waals surface area contributed by atoms with Crippen molar-refractivity contribution in [3.05, 3.63) is 11.7 Å². The van der Waals surface area contributed by atoms with E-state index in [2.05, 4.69) is 10.1 Å². The average Bonchev–Trinajstić information content (AvgIpc) is 3.08. The fraction of sp³-hybridized carbons (Fsp3) is 0.857. The van der Waals surface area contributed by atoms with Gasteiger partial charge in [0.25, 0.3) is 0 Å². The molecule has 1 aromatic rings. The second-order valence-corrected chi connectivity index (χ2v) is 5.99. The number of ether oxygens (including phenoxy) is 1. The zero-order valence-electron chi connectivity index (χ0n) is 11.6. The van der Waals surface area contributed by atoms with Crippen LogP contribution in [0.2, 0.25) is 0 Å². The maximum Gasteiger partial charge on any atom is 0.229 e. The van der Waals surface area contributed by atoms with Crippen molar-refractivity contribution in [3.8, 4) is 0 Å². The topological polar surface area (TPSA) is 74.2 Å². The van der Waals surface area contributed by atoms with E-state index in [0.29, 0.717) is 5.92 Å². The van der Waals surface area contributed by atoms with Gasteiger partial charge in [-0.05, 0) is 32.1 Å². The van der Waals surface area contributed by atoms with Crippen molar-refractivity contribution in [1.82, 2.24) is 10.1 Å². The fourth-order valence-corrected chi connectivity index (χ4v) is 3.47. The Morgan fingerprint density at radius 1 is 1.26 bits per heavy atom. The largest absolute Gasteiger partial charge is 0.370 e. The van der Waals surface area contributed by atoms with Crippen LogP contribution < -0.4 is 5.73 Å². The molecule has 1 heterocycles. The summed E-state index contributed by atoms with van der Waals surface area (Å²) < 4.78 is 11.2. The van der Waals surface area contributed by atoms with Gasteiger partial charge in [0.15, 0.2) is 0 Å². The molecule has 0 bridgehead atoms. The van der Waals surface area contributed by atoms with Gasteiger partial charge >= 0.3 is 0 Å². The quantitative estimate of drug-likeness (QED) is 0.908. The lowest BCUT2D eigenvalue weighted by molar-refractivity contribution is -0.0527. The number of nitrogens with zero attached hydrogens (tertiary/aromatic N) is 2. The molecule has 5 nitrogen and oxygen atoms in total. The van der Waals surface area contributed by atoms with Crippen LogP contribution in [-0.4, -0.2) is 23.3 Å². The summed E-state index contributed by atoms with van der Waals surface area (Å²) in [5.74, 6) is 1.84. The summed E-state index contributed by atoms with van der Waals surface area (Å²) in [5, 5.41) is 4.20. The first kappa shape index (κ1) is 13.1. The molecule has 3 rings (SSSR count). The van der Waals surface area contributed by atoms with Crippen molar-refractivity contribution >= 4 is 0 Å². The molecule has 0 aliphatic heterocycles. The molecule has 106 valence electrons. The lowest BCUT2D eigenvalue weighted by Gasteiger charge is -2.32. The predicted molar refractivity (Wildman–Crippen MR) is 70.6 cm³/mol. The molecule has 0 amide bonds. The second kappa shape index (κ2) is 5.21. The van der Waals surface area contributed by atoms with E-state index >= 15 is 0 Å². The van der Waals surface area contributed by atoms with Crippen molar-refractivity contribution in [2.24, 2.45) is 5.73 Å². The molecule has 0 unspecified atom stereocenters. The van der Waals surface area contributed by atoms with E-state index in [1.807, 2.05) is 0 Å². The molecule has 2 aliphatic carbocycles. The van der Waals surface area contributed by atoms with E-state index in [1.165, 1.54) is 19.3 Å². The van der Waals surface area contributed by atoms with Gasteiger partial charge in [-0.25, -0.2) is 0 Å². The van der Waals surface area contributed by atoms with Crippen molar-refractivity contribution in [3.63, 3.8) is 0 Å². The normalized spacial score (nSPS) is 30.6. The first-order valence-electron chi connectivity index (χ1n) is 7.38. The molecule has 0 aromatic carbocycles. The van der Waals surface area contributed by atoms with Crippen molar-refractivity contribution < 1.29 is 9.26 Å². The molecule has 1 aromatic heterocycles. The minimum absolute atomic E-state index is 0.284. The average molecular weight is 265 g/mol. The molecule has 2 aliphatic rings. The highest BCUT2D eigenvalue weighted by Crippen LogP contribution is 2.40. The van der Waals surface area contributed by atoms with Crippen LogP contribution in [0, 0.1) is 0 Å². The Balaban J connectivity index is 1.79. The molecular weight excluding hydrogens is 242 g/mol. The number of methoxy groups -OCH3 is 1. The lowest BCUT2D eigenvalue weighted by atomic mass is 9.84. The van der Waals surface area contributed by atoms with Gasteiger partial charge in [0.2, 0.25) is 11.7 Å². The number of nitrogens with two attached hydrogens (primary N) is 1. The van der Waals surface area contributed by atoms with Gasteiger partial charge in [0.05, 0.1) is 0 Å². The van der Waals surface area contributed by atoms with Gasteiger partial charge in [0, 0.05) is 19.1 Å². The summed E-state index contributed by atoms with van der Waals surface area (Å²) in [7, 11) is 1.76. The standard InChI is InChI=1S/C14H23N3O2/c1-18-14(7-3-2-4-8-14)13-16-12(19-17-13)10-5-6-11(15)9-10/h10-11H,2-9,15H2,1H3/t10-,11+/m1/s1. The highest BCUT2D eigenvalue weighted by atomic mass is 16.5. The summed E-state index contributed by atoms with van der Waals surface area (Å²) in [6.07, 6.45) is 8.67. The van der Waals surface area contributed by atoms with Crippen LogP contribution in [0.4, 0.5) is 0 Å². The molecule has 0 radical (unpaired) electrons. The second-order valence-electron chi connectivity index (χ2n) is 5.99. The lowest BCUT2D eigenvalue weighted by Crippen LogP contribution is -2.32. The summed E-state index contributed by atoms with van der Waals surface area (Å²) in [6, 6.07) is 0.284. The van der Waals surface area contributed by atoms with E-state index in [1.54, 1.807) is 7.11 Å². The minimum atomic E-state index is -0.319. The number of aromatic nitrogens is 2. The Labute approximate surface area is 113 Å². The number of rotatable bonds is 3. The zero-order valence-corrected chi connectivity index (χ0v) is 11.6. The summed E-state index contributed by atoms with van der Waals surface area (Å²) >= 11 is 0. The molecule has 0 saturated heterocycles. The Bertz CT molecular complexity index is 426. The van der Waals surface area contributed by atoms with Crippen LogP contribution >= 0.6 is 0 Å². The van der Waals surface area contributed by atoms with E-state index in [0.717, 1.165) is 43.8 Å². The predicted octanol–water partition coefficient (Wildman–Crippen LogP) is 2.47. The third-order valence-corrected chi connectivity index (χ3v) is 4.72. The van der Waals surface area contributed by atoms with Crippen LogP contribution in [0.1, 0.15) is 69.0 Å². The van der Waals surface area contributed by atoms with Gasteiger partial charge in [-0.15, -0.1) is 0 Å². The highest BCUT2D eigenvalue weighted by Gasteiger charge is 2.39. The molecular formula is C14H23N3O2. The summed E-state index contributed by atoms with van der Waals surface area (Å²) in [4.78, 5) is 4.64. The Hall–Kier alpha value is -0.940. The van der Waals surface area contributed by atoms with Gasteiger partial charge in [-0.3, -0.25) is 0 Å². The first-order valence-corrected chi connectivity index (χ1v) is 7.38. The van der Waals surface area contributed by atoms with E-state index in [4.69, 9.17) is 15.0 Å². The number of hydrogen-bond donors (Lipinski definition) is 1. The Morgan fingerprint density at radius 2 is 2.05 bits per heavy atom. The van der Waals surface area contributed by atoms with Gasteiger partial charge in [-0.2, -0.15) is 4.98 Å². The van der Waals surface area contributed by atoms with Crippen LogP contribution in [0.25, 0.3) is 0 Å². The van der Waals surface area contributed by atoms with Crippen LogP contribution in [0.3, 0.4) is 0 Å². The maximum absolute atomic E-state index is 5.95. The Kier molecular flexibility index (Phi) is 3.58. The van der Waals surface area contributed by atoms with Gasteiger partial charge < -0.3 is 15.0 Å². The zero-order chi connectivity index (χ0) is 13.3. The van der Waals surface area contributed by atoms with E-state index < -0.39 is 0 Å². The third kappa shape index (κ3) is 2.41. The molecule has 2 fully saturated rings. The van der Waals surface area contributed by atoms with Crippen molar-refractivity contribution in [1.29, 1.82) is 0 Å². The fourth-order valence-electron chi connectivity index (χ4n) is 3.47. The molecule has 0 spiro atoms. The smallest absolute Gasteiger partial charge is 0.229 e. The van der Waals surface area contributed by atoms with Gasteiger partial charge in [-0.1, -0.05) is 24.4 Å². The third-order valence-electron chi connectivity index (χ3n) is 4.72. The van der Waals surface area contributed by atoms with Gasteiger partial charge in [0.1, 0.15) is 5.60 Å². The van der Waals surface area contributed by atoms with Crippen LogP contribution in [-0.2, 0) is 10.3 Å². The molecule has 2 atom stereocenters. The first-order chi connectivity index (χ1) is 9.23. The summed E-state index contributed by atoms with van der Waals surface area (Å²) in [5.41, 5.74) is 5.63. The SMILES string of the molecule is COC1(c2noc([C@@H]3CC[C@H](N)C3)n2)CCCCC1. The Morgan fingerprint density at radius 3 is 2.68 bits per heavy atom. The molecule has 2 N–H and O–H groups in total. The molecule has 5 heteroatoms. The highest BCUT2D eigenvalue weighted by molar-refractivity contribution is 5.06. The monoisotopic (exact) mass is 265 g/mol. The van der Waals surface area contributed by atoms with E-state index in [-0.39, 0.29) is 11.6 Å². The molecule has 2 saturated carbocycles. The van der Waals surface area contributed by atoms with Crippen molar-refractivity contribution in [2.45, 2.75) is 68.9 Å². The maximum atomic E-state index is 5.95. The molecule has 19 heavy (non-hydrogen) atoms. The van der Waals surface area contributed by atoms with Crippen molar-refractivity contribution in [2.75, 3.05) is 7.11 Å². The van der Waals surface area contributed by atoms with Crippen LogP contribution in [0.5, 0.6) is 0 Å².